The van der Waals surface area contributed by atoms with Gasteiger partial charge in [-0.1, -0.05) is 26.0 Å². The molecule has 7 heteroatoms. The van der Waals surface area contributed by atoms with Gasteiger partial charge in [-0.3, -0.25) is 9.63 Å². The standard InChI is InChI=1S/C22H35NO6/c1-14(11-15(2)21(24)16(3)22(25)23(5)28-8)17(4)29-13-18-9-10-19(26-6)20(12-18)27-7/h9-12,14,16-17,21,24H,13H2,1-8H3/b15-11+/t14-,16+,17+,21-/m0/s1. The minimum Gasteiger partial charge on any atom is -0.493 e. The van der Waals surface area contributed by atoms with E-state index in [1.54, 1.807) is 21.1 Å². The molecule has 164 valence electrons. The van der Waals surface area contributed by atoms with Crippen LogP contribution < -0.4 is 9.47 Å². The van der Waals surface area contributed by atoms with Crippen LogP contribution in [0.4, 0.5) is 0 Å². The third kappa shape index (κ3) is 7.03. The van der Waals surface area contributed by atoms with Gasteiger partial charge >= 0.3 is 0 Å². The number of hydrogen-bond donors (Lipinski definition) is 1. The van der Waals surface area contributed by atoms with Crippen LogP contribution in [0, 0.1) is 11.8 Å². The van der Waals surface area contributed by atoms with E-state index in [0.29, 0.717) is 18.1 Å². The Morgan fingerprint density at radius 1 is 1.14 bits per heavy atom. The molecule has 1 rings (SSSR count). The van der Waals surface area contributed by atoms with Crippen LogP contribution >= 0.6 is 0 Å². The van der Waals surface area contributed by atoms with Gasteiger partial charge in [0.1, 0.15) is 0 Å². The van der Waals surface area contributed by atoms with Crippen LogP contribution in [0.15, 0.2) is 29.8 Å². The number of aliphatic hydroxyl groups is 1. The Labute approximate surface area is 174 Å². The molecule has 0 aromatic heterocycles. The lowest BCUT2D eigenvalue weighted by Crippen LogP contribution is -2.37. The van der Waals surface area contributed by atoms with Crippen molar-refractivity contribution in [2.75, 3.05) is 28.4 Å². The summed E-state index contributed by atoms with van der Waals surface area (Å²) in [5, 5.41) is 11.6. The molecule has 0 aliphatic heterocycles. The first-order valence-corrected chi connectivity index (χ1v) is 9.66. The monoisotopic (exact) mass is 409 g/mol. The summed E-state index contributed by atoms with van der Waals surface area (Å²) in [5.74, 6) is 0.498. The van der Waals surface area contributed by atoms with Crippen molar-refractivity contribution in [2.24, 2.45) is 11.8 Å². The van der Waals surface area contributed by atoms with Gasteiger partial charge in [-0.25, -0.2) is 5.06 Å². The van der Waals surface area contributed by atoms with E-state index in [0.717, 1.165) is 16.2 Å². The number of hydroxylamine groups is 2. The predicted octanol–water partition coefficient (Wildman–Crippen LogP) is 3.21. The Kier molecular flexibility index (Phi) is 10.2. The second kappa shape index (κ2) is 11.8. The molecule has 0 bridgehead atoms. The molecule has 1 N–H and O–H groups in total. The largest absolute Gasteiger partial charge is 0.493 e. The first kappa shape index (κ1) is 24.9. The average molecular weight is 410 g/mol. The van der Waals surface area contributed by atoms with Crippen LogP contribution in [0.3, 0.4) is 0 Å². The van der Waals surface area contributed by atoms with Gasteiger partial charge in [-0.15, -0.1) is 0 Å². The van der Waals surface area contributed by atoms with Gasteiger partial charge in [0.2, 0.25) is 0 Å². The number of benzene rings is 1. The van der Waals surface area contributed by atoms with Crippen LogP contribution in [-0.4, -0.2) is 56.7 Å². The highest BCUT2D eigenvalue weighted by Gasteiger charge is 2.27. The van der Waals surface area contributed by atoms with E-state index in [2.05, 4.69) is 0 Å². The summed E-state index contributed by atoms with van der Waals surface area (Å²) in [7, 11) is 6.14. The van der Waals surface area contributed by atoms with Crippen LogP contribution in [-0.2, 0) is 21.0 Å². The van der Waals surface area contributed by atoms with Crippen molar-refractivity contribution >= 4 is 5.91 Å². The third-order valence-corrected chi connectivity index (χ3v) is 5.14. The fourth-order valence-electron chi connectivity index (χ4n) is 2.90. The van der Waals surface area contributed by atoms with E-state index in [9.17, 15) is 9.90 Å². The first-order valence-electron chi connectivity index (χ1n) is 9.66. The molecular weight excluding hydrogens is 374 g/mol. The molecule has 0 heterocycles. The molecular formula is C22H35NO6. The maximum atomic E-state index is 12.2. The topological polar surface area (TPSA) is 77.5 Å². The molecule has 0 fully saturated rings. The molecule has 0 aliphatic carbocycles. The molecule has 1 aromatic rings. The Hall–Kier alpha value is -2.09. The summed E-state index contributed by atoms with van der Waals surface area (Å²) in [5.41, 5.74) is 1.70. The highest BCUT2D eigenvalue weighted by molar-refractivity contribution is 5.78. The first-order chi connectivity index (χ1) is 13.7. The smallest absolute Gasteiger partial charge is 0.251 e. The minimum atomic E-state index is -0.888. The summed E-state index contributed by atoms with van der Waals surface area (Å²) in [6.07, 6.45) is 0.971. The minimum absolute atomic E-state index is 0.0484. The fraction of sp³-hybridized carbons (Fsp3) is 0.591. The van der Waals surface area contributed by atoms with Gasteiger partial charge in [-0.05, 0) is 37.1 Å². The number of methoxy groups -OCH3 is 2. The highest BCUT2D eigenvalue weighted by Crippen LogP contribution is 2.28. The highest BCUT2D eigenvalue weighted by atomic mass is 16.7. The fourth-order valence-corrected chi connectivity index (χ4v) is 2.90. The van der Waals surface area contributed by atoms with E-state index < -0.39 is 12.0 Å². The Morgan fingerprint density at radius 3 is 2.31 bits per heavy atom. The maximum absolute atomic E-state index is 12.2. The molecule has 0 spiro atoms. The van der Waals surface area contributed by atoms with E-state index in [-0.39, 0.29) is 17.9 Å². The third-order valence-electron chi connectivity index (χ3n) is 5.14. The van der Waals surface area contributed by atoms with E-state index >= 15 is 0 Å². The lowest BCUT2D eigenvalue weighted by molar-refractivity contribution is -0.175. The molecule has 0 saturated heterocycles. The zero-order valence-electron chi connectivity index (χ0n) is 18.8. The van der Waals surface area contributed by atoms with Gasteiger partial charge in [0.25, 0.3) is 5.91 Å². The van der Waals surface area contributed by atoms with Crippen LogP contribution in [0.1, 0.15) is 33.3 Å². The number of hydrogen-bond acceptors (Lipinski definition) is 6. The summed E-state index contributed by atoms with van der Waals surface area (Å²) in [4.78, 5) is 17.1. The van der Waals surface area contributed by atoms with Crippen molar-refractivity contribution in [3.8, 4) is 11.5 Å². The number of rotatable bonds is 11. The number of nitrogens with zero attached hydrogens (tertiary/aromatic N) is 1. The van der Waals surface area contributed by atoms with E-state index in [4.69, 9.17) is 19.0 Å². The zero-order valence-corrected chi connectivity index (χ0v) is 18.8. The van der Waals surface area contributed by atoms with Gasteiger partial charge < -0.3 is 19.3 Å². The molecule has 0 saturated carbocycles. The van der Waals surface area contributed by atoms with Crippen LogP contribution in [0.5, 0.6) is 11.5 Å². The molecule has 4 atom stereocenters. The molecule has 0 aliphatic rings. The quantitative estimate of drug-likeness (QED) is 0.447. The van der Waals surface area contributed by atoms with Crippen LogP contribution in [0.2, 0.25) is 0 Å². The molecule has 0 radical (unpaired) electrons. The van der Waals surface area contributed by atoms with Crippen molar-refractivity contribution in [3.63, 3.8) is 0 Å². The normalized spacial score (nSPS) is 16.0. The Bertz CT molecular complexity index is 690. The number of amides is 1. The summed E-state index contributed by atoms with van der Waals surface area (Å²) >= 11 is 0. The van der Waals surface area contributed by atoms with Gasteiger partial charge in [0, 0.05) is 13.0 Å². The molecule has 0 unspecified atom stereocenters. The van der Waals surface area contributed by atoms with Crippen molar-refractivity contribution < 1.29 is 28.9 Å². The SMILES string of the molecule is COc1ccc(CO[C@H](C)[C@@H](C)/C=C(\C)[C@H](O)[C@@H](C)C(=O)N(C)OC)cc1OC. The summed E-state index contributed by atoms with van der Waals surface area (Å²) in [6, 6.07) is 5.67. The number of ether oxygens (including phenoxy) is 3. The average Bonchev–Trinajstić information content (AvgIpc) is 2.74. The summed E-state index contributed by atoms with van der Waals surface area (Å²) in [6.45, 7) is 7.92. The van der Waals surface area contributed by atoms with Crippen molar-refractivity contribution in [1.29, 1.82) is 0 Å². The lowest BCUT2D eigenvalue weighted by Gasteiger charge is -2.25. The Balaban J connectivity index is 2.70. The van der Waals surface area contributed by atoms with Gasteiger partial charge in [-0.2, -0.15) is 0 Å². The summed E-state index contributed by atoms with van der Waals surface area (Å²) < 4.78 is 16.6. The lowest BCUT2D eigenvalue weighted by atomic mass is 9.93. The van der Waals surface area contributed by atoms with Crippen LogP contribution in [0.25, 0.3) is 0 Å². The van der Waals surface area contributed by atoms with Gasteiger partial charge in [0.05, 0.1) is 46.1 Å². The molecule has 29 heavy (non-hydrogen) atoms. The second-order valence-electron chi connectivity index (χ2n) is 7.23. The van der Waals surface area contributed by atoms with Gasteiger partial charge in [0.15, 0.2) is 11.5 Å². The molecule has 1 amide bonds. The molecule has 1 aromatic carbocycles. The van der Waals surface area contributed by atoms with Crippen molar-refractivity contribution in [2.45, 2.75) is 46.5 Å². The number of carbonyl (C=O) groups is 1. The van der Waals surface area contributed by atoms with Crippen molar-refractivity contribution in [3.05, 3.63) is 35.4 Å². The van der Waals surface area contributed by atoms with Crippen molar-refractivity contribution in [1.82, 2.24) is 5.06 Å². The van der Waals surface area contributed by atoms with E-state index in [1.165, 1.54) is 14.2 Å². The molecule has 7 nitrogen and oxygen atoms in total. The Morgan fingerprint density at radius 2 is 1.76 bits per heavy atom. The zero-order chi connectivity index (χ0) is 22.1. The number of aliphatic hydroxyl groups excluding tert-OH is 1. The van der Waals surface area contributed by atoms with E-state index in [1.807, 2.05) is 45.0 Å². The predicted molar refractivity (Wildman–Crippen MR) is 112 cm³/mol. The maximum Gasteiger partial charge on any atom is 0.251 e. The number of carbonyl (C=O) groups excluding carboxylic acids is 1. The second-order valence-corrected chi connectivity index (χ2v) is 7.23.